The van der Waals surface area contributed by atoms with E-state index in [1.807, 2.05) is 29.0 Å². The molecule has 0 saturated heterocycles. The number of carboxylic acids is 1. The van der Waals surface area contributed by atoms with Gasteiger partial charge >= 0.3 is 5.97 Å². The topological polar surface area (TPSA) is 54.3 Å². The number of hydrogen-bond donors (Lipinski definition) is 2. The van der Waals surface area contributed by atoms with Gasteiger partial charge in [-0.25, -0.2) is 0 Å². The van der Waals surface area contributed by atoms with Gasteiger partial charge in [-0.1, -0.05) is 31.0 Å². The number of aliphatic carboxylic acids is 1. The summed E-state index contributed by atoms with van der Waals surface area (Å²) in [5.41, 5.74) is 2.19. The maximum absolute atomic E-state index is 11.0. The monoisotopic (exact) mass is 272 g/mol. The van der Waals surface area contributed by atoms with Crippen molar-refractivity contribution in [3.05, 3.63) is 36.0 Å². The average molecular weight is 272 g/mol. The molecule has 1 saturated carbocycles. The van der Waals surface area contributed by atoms with Crippen LogP contribution in [0.4, 0.5) is 0 Å². The van der Waals surface area contributed by atoms with Crippen molar-refractivity contribution in [1.29, 1.82) is 0 Å². The van der Waals surface area contributed by atoms with Gasteiger partial charge in [-0.3, -0.25) is 4.79 Å². The molecule has 1 fully saturated rings. The fraction of sp³-hybridized carbons (Fsp3) is 0.438. The largest absolute Gasteiger partial charge is 0.480 e. The zero-order valence-electron chi connectivity index (χ0n) is 11.5. The predicted octanol–water partition coefficient (Wildman–Crippen LogP) is 2.76. The summed E-state index contributed by atoms with van der Waals surface area (Å²) in [5, 5.41) is 13.7. The summed E-state index contributed by atoms with van der Waals surface area (Å²) in [4.78, 5) is 11.0. The van der Waals surface area contributed by atoms with Gasteiger partial charge in [0.2, 0.25) is 0 Å². The maximum Gasteiger partial charge on any atom is 0.323 e. The summed E-state index contributed by atoms with van der Waals surface area (Å²) in [6, 6.07) is 8.63. The van der Waals surface area contributed by atoms with E-state index in [0.29, 0.717) is 6.04 Å². The lowest BCUT2D eigenvalue weighted by molar-refractivity contribution is -0.137. The van der Waals surface area contributed by atoms with Gasteiger partial charge in [0, 0.05) is 29.7 Å². The molecule has 20 heavy (non-hydrogen) atoms. The van der Waals surface area contributed by atoms with Crippen molar-refractivity contribution in [2.45, 2.75) is 44.8 Å². The zero-order chi connectivity index (χ0) is 13.9. The lowest BCUT2D eigenvalue weighted by atomic mass is 10.1. The third kappa shape index (κ3) is 2.70. The number of benzene rings is 1. The van der Waals surface area contributed by atoms with E-state index in [4.69, 9.17) is 5.11 Å². The van der Waals surface area contributed by atoms with Crippen LogP contribution < -0.4 is 5.32 Å². The van der Waals surface area contributed by atoms with E-state index in [1.54, 1.807) is 0 Å². The Labute approximate surface area is 118 Å². The number of carbonyl (C=O) groups is 1. The molecule has 1 aliphatic carbocycles. The summed E-state index contributed by atoms with van der Waals surface area (Å²) in [6.45, 7) is 0.835. The van der Waals surface area contributed by atoms with Gasteiger partial charge in [-0.2, -0.15) is 0 Å². The maximum atomic E-state index is 11.0. The lowest BCUT2D eigenvalue weighted by Crippen LogP contribution is -2.25. The number of rotatable bonds is 5. The van der Waals surface area contributed by atoms with E-state index in [9.17, 15) is 4.79 Å². The molecular weight excluding hydrogens is 252 g/mol. The first kappa shape index (κ1) is 13.2. The van der Waals surface area contributed by atoms with Crippen LogP contribution in [-0.4, -0.2) is 21.7 Å². The van der Waals surface area contributed by atoms with Crippen molar-refractivity contribution in [1.82, 2.24) is 9.88 Å². The van der Waals surface area contributed by atoms with Crippen LogP contribution >= 0.6 is 0 Å². The normalized spacial score (nSPS) is 16.0. The van der Waals surface area contributed by atoms with E-state index in [0.717, 1.165) is 17.4 Å². The van der Waals surface area contributed by atoms with Gasteiger partial charge < -0.3 is 15.0 Å². The zero-order valence-corrected chi connectivity index (χ0v) is 11.5. The van der Waals surface area contributed by atoms with Gasteiger partial charge in [0.05, 0.1) is 0 Å². The Kier molecular flexibility index (Phi) is 3.74. The first-order chi connectivity index (χ1) is 9.74. The molecule has 1 heterocycles. The molecule has 0 spiro atoms. The van der Waals surface area contributed by atoms with Gasteiger partial charge in [0.1, 0.15) is 6.54 Å². The first-order valence-electron chi connectivity index (χ1n) is 7.26. The van der Waals surface area contributed by atoms with Crippen molar-refractivity contribution in [3.8, 4) is 0 Å². The summed E-state index contributed by atoms with van der Waals surface area (Å²) >= 11 is 0. The standard InChI is InChI=1S/C16H20N2O2/c19-16(20)11-18-10-12(9-17-13-5-1-2-6-13)14-7-3-4-8-15(14)18/h3-4,7-8,10,13,17H,1-2,5-6,9,11H2,(H,19,20). The van der Waals surface area contributed by atoms with Gasteiger partial charge in [0.25, 0.3) is 0 Å². The van der Waals surface area contributed by atoms with Crippen LogP contribution in [0.25, 0.3) is 10.9 Å². The Bertz CT molecular complexity index is 612. The molecule has 4 heteroatoms. The molecule has 1 aromatic heterocycles. The molecule has 0 aliphatic heterocycles. The molecular formula is C16H20N2O2. The van der Waals surface area contributed by atoms with E-state index in [-0.39, 0.29) is 6.54 Å². The number of aromatic nitrogens is 1. The number of carboxylic acid groups (broad SMARTS) is 1. The number of nitrogens with zero attached hydrogens (tertiary/aromatic N) is 1. The second-order valence-corrected chi connectivity index (χ2v) is 5.56. The Morgan fingerprint density at radius 1 is 1.30 bits per heavy atom. The molecule has 1 aliphatic rings. The van der Waals surface area contributed by atoms with Crippen molar-refractivity contribution >= 4 is 16.9 Å². The average Bonchev–Trinajstić information content (AvgIpc) is 3.05. The summed E-state index contributed by atoms with van der Waals surface area (Å²) < 4.78 is 1.82. The third-order valence-electron chi connectivity index (χ3n) is 4.11. The molecule has 1 aromatic carbocycles. The Morgan fingerprint density at radius 2 is 2.05 bits per heavy atom. The van der Waals surface area contributed by atoms with E-state index >= 15 is 0 Å². The molecule has 106 valence electrons. The highest BCUT2D eigenvalue weighted by molar-refractivity contribution is 5.85. The van der Waals surface area contributed by atoms with Crippen molar-refractivity contribution in [2.24, 2.45) is 0 Å². The molecule has 2 N–H and O–H groups in total. The third-order valence-corrected chi connectivity index (χ3v) is 4.11. The van der Waals surface area contributed by atoms with Crippen molar-refractivity contribution < 1.29 is 9.90 Å². The van der Waals surface area contributed by atoms with Crippen LogP contribution in [0.1, 0.15) is 31.2 Å². The van der Waals surface area contributed by atoms with Crippen LogP contribution in [0.3, 0.4) is 0 Å². The highest BCUT2D eigenvalue weighted by Crippen LogP contribution is 2.23. The molecule has 0 unspecified atom stereocenters. The van der Waals surface area contributed by atoms with Gasteiger partial charge in [-0.15, -0.1) is 0 Å². The van der Waals surface area contributed by atoms with E-state index in [2.05, 4.69) is 11.4 Å². The quantitative estimate of drug-likeness (QED) is 0.880. The second-order valence-electron chi connectivity index (χ2n) is 5.56. The van der Waals surface area contributed by atoms with Crippen LogP contribution in [-0.2, 0) is 17.9 Å². The number of fused-ring (bicyclic) bond motifs is 1. The highest BCUT2D eigenvalue weighted by atomic mass is 16.4. The summed E-state index contributed by atoms with van der Waals surface area (Å²) in [7, 11) is 0. The van der Waals surface area contributed by atoms with Crippen LogP contribution in [0.2, 0.25) is 0 Å². The van der Waals surface area contributed by atoms with E-state index in [1.165, 1.54) is 31.2 Å². The number of nitrogens with one attached hydrogen (secondary N) is 1. The minimum atomic E-state index is -0.805. The SMILES string of the molecule is O=C(O)Cn1cc(CNC2CCCC2)c2ccccc21. The lowest BCUT2D eigenvalue weighted by Gasteiger charge is -2.10. The molecule has 0 amide bonds. The Hall–Kier alpha value is -1.81. The van der Waals surface area contributed by atoms with Crippen LogP contribution in [0.5, 0.6) is 0 Å². The Balaban J connectivity index is 1.83. The minimum Gasteiger partial charge on any atom is -0.480 e. The second kappa shape index (κ2) is 5.67. The van der Waals surface area contributed by atoms with Gasteiger partial charge in [0.15, 0.2) is 0 Å². The number of para-hydroxylation sites is 1. The highest BCUT2D eigenvalue weighted by Gasteiger charge is 2.15. The minimum absolute atomic E-state index is 0.0178. The van der Waals surface area contributed by atoms with Gasteiger partial charge in [-0.05, 0) is 24.5 Å². The van der Waals surface area contributed by atoms with Crippen LogP contribution in [0.15, 0.2) is 30.5 Å². The van der Waals surface area contributed by atoms with Crippen molar-refractivity contribution in [3.63, 3.8) is 0 Å². The summed E-state index contributed by atoms with van der Waals surface area (Å²) in [5.74, 6) is -0.805. The molecule has 3 rings (SSSR count). The molecule has 0 atom stereocenters. The molecule has 2 aromatic rings. The van der Waals surface area contributed by atoms with Crippen LogP contribution in [0, 0.1) is 0 Å². The fourth-order valence-corrected chi connectivity index (χ4v) is 3.12. The number of hydrogen-bond acceptors (Lipinski definition) is 2. The molecule has 4 nitrogen and oxygen atoms in total. The Morgan fingerprint density at radius 3 is 2.80 bits per heavy atom. The molecule has 0 bridgehead atoms. The smallest absolute Gasteiger partial charge is 0.323 e. The first-order valence-corrected chi connectivity index (χ1v) is 7.26. The molecule has 0 radical (unpaired) electrons. The van der Waals surface area contributed by atoms with E-state index < -0.39 is 5.97 Å². The van der Waals surface area contributed by atoms with Crippen molar-refractivity contribution in [2.75, 3.05) is 0 Å². The predicted molar refractivity (Wildman–Crippen MR) is 78.7 cm³/mol. The fourth-order valence-electron chi connectivity index (χ4n) is 3.12. The summed E-state index contributed by atoms with van der Waals surface area (Å²) in [6.07, 6.45) is 7.12.